The van der Waals surface area contributed by atoms with E-state index in [0.717, 1.165) is 24.5 Å². The molecule has 0 saturated heterocycles. The number of nitrogens with zero attached hydrogens (tertiary/aromatic N) is 2. The Morgan fingerprint density at radius 2 is 2.00 bits per heavy atom. The van der Waals surface area contributed by atoms with Crippen LogP contribution >= 0.6 is 0 Å². The van der Waals surface area contributed by atoms with Crippen LogP contribution in [0.15, 0.2) is 42.6 Å². The van der Waals surface area contributed by atoms with Crippen molar-refractivity contribution in [3.05, 3.63) is 59.5 Å². The third-order valence-electron chi connectivity index (χ3n) is 3.69. The standard InChI is InChI=1S/C17H22FN3/c1-4-19-11-14-9-10-17(20-12-14)21(3)13(2)15-7-5-6-8-16(15)18/h5-10,12-13,19H,4,11H2,1-3H3. The summed E-state index contributed by atoms with van der Waals surface area (Å²) in [7, 11) is 1.93. The minimum atomic E-state index is -0.180. The molecule has 1 unspecified atom stereocenters. The van der Waals surface area contributed by atoms with Crippen molar-refractivity contribution in [2.45, 2.75) is 26.4 Å². The summed E-state index contributed by atoms with van der Waals surface area (Å²) in [5, 5.41) is 3.27. The maximum absolute atomic E-state index is 13.9. The molecule has 0 radical (unpaired) electrons. The van der Waals surface area contributed by atoms with Crippen molar-refractivity contribution in [1.29, 1.82) is 0 Å². The van der Waals surface area contributed by atoms with Crippen molar-refractivity contribution < 1.29 is 4.39 Å². The number of aromatic nitrogens is 1. The molecule has 3 nitrogen and oxygen atoms in total. The second-order valence-electron chi connectivity index (χ2n) is 5.11. The molecular weight excluding hydrogens is 265 g/mol. The van der Waals surface area contributed by atoms with Gasteiger partial charge in [-0.25, -0.2) is 9.37 Å². The van der Waals surface area contributed by atoms with Gasteiger partial charge in [0.1, 0.15) is 11.6 Å². The first kappa shape index (κ1) is 15.4. The minimum absolute atomic E-state index is 0.0710. The van der Waals surface area contributed by atoms with Gasteiger partial charge in [-0.2, -0.15) is 0 Å². The molecule has 0 saturated carbocycles. The number of pyridine rings is 1. The lowest BCUT2D eigenvalue weighted by molar-refractivity contribution is 0.584. The van der Waals surface area contributed by atoms with Gasteiger partial charge in [-0.1, -0.05) is 31.2 Å². The molecule has 21 heavy (non-hydrogen) atoms. The van der Waals surface area contributed by atoms with Crippen LogP contribution in [0.2, 0.25) is 0 Å². The summed E-state index contributed by atoms with van der Waals surface area (Å²) in [6.07, 6.45) is 1.86. The fourth-order valence-corrected chi connectivity index (χ4v) is 2.22. The summed E-state index contributed by atoms with van der Waals surface area (Å²) in [6, 6.07) is 10.8. The van der Waals surface area contributed by atoms with Crippen LogP contribution in [0.4, 0.5) is 10.2 Å². The predicted octanol–water partition coefficient (Wildman–Crippen LogP) is 3.53. The Morgan fingerprint density at radius 3 is 2.62 bits per heavy atom. The van der Waals surface area contributed by atoms with Crippen LogP contribution < -0.4 is 10.2 Å². The largest absolute Gasteiger partial charge is 0.353 e. The number of nitrogens with one attached hydrogen (secondary N) is 1. The lowest BCUT2D eigenvalue weighted by atomic mass is 10.1. The first-order valence-corrected chi connectivity index (χ1v) is 7.26. The van der Waals surface area contributed by atoms with E-state index in [1.54, 1.807) is 6.07 Å². The van der Waals surface area contributed by atoms with E-state index in [9.17, 15) is 4.39 Å². The first-order valence-electron chi connectivity index (χ1n) is 7.26. The lowest BCUT2D eigenvalue weighted by Gasteiger charge is -2.26. The lowest BCUT2D eigenvalue weighted by Crippen LogP contribution is -2.23. The quantitative estimate of drug-likeness (QED) is 0.881. The van der Waals surface area contributed by atoms with Crippen molar-refractivity contribution in [3.63, 3.8) is 0 Å². The molecule has 0 aliphatic heterocycles. The molecule has 1 N–H and O–H groups in total. The highest BCUT2D eigenvalue weighted by Gasteiger charge is 2.16. The van der Waals surface area contributed by atoms with Crippen molar-refractivity contribution >= 4 is 5.82 Å². The molecule has 1 atom stereocenters. The Hall–Kier alpha value is -1.94. The van der Waals surface area contributed by atoms with Crippen molar-refractivity contribution in [3.8, 4) is 0 Å². The highest BCUT2D eigenvalue weighted by molar-refractivity contribution is 5.42. The van der Waals surface area contributed by atoms with E-state index in [2.05, 4.69) is 23.3 Å². The molecule has 2 rings (SSSR count). The van der Waals surface area contributed by atoms with Crippen LogP contribution in [-0.2, 0) is 6.54 Å². The smallest absolute Gasteiger partial charge is 0.128 e. The number of hydrogen-bond acceptors (Lipinski definition) is 3. The zero-order valence-electron chi connectivity index (χ0n) is 12.8. The molecule has 4 heteroatoms. The van der Waals surface area contributed by atoms with Gasteiger partial charge >= 0.3 is 0 Å². The normalized spacial score (nSPS) is 12.2. The minimum Gasteiger partial charge on any atom is -0.353 e. The summed E-state index contributed by atoms with van der Waals surface area (Å²) in [4.78, 5) is 6.45. The van der Waals surface area contributed by atoms with Crippen LogP contribution in [0, 0.1) is 5.82 Å². The predicted molar refractivity (Wildman–Crippen MR) is 84.8 cm³/mol. The second kappa shape index (κ2) is 7.18. The van der Waals surface area contributed by atoms with Gasteiger partial charge in [0.25, 0.3) is 0 Å². The van der Waals surface area contributed by atoms with E-state index in [1.165, 1.54) is 6.07 Å². The number of benzene rings is 1. The molecule has 0 bridgehead atoms. The summed E-state index contributed by atoms with van der Waals surface area (Å²) in [5.74, 6) is 0.659. The van der Waals surface area contributed by atoms with E-state index in [1.807, 2.05) is 43.3 Å². The van der Waals surface area contributed by atoms with Gasteiger partial charge in [-0.3, -0.25) is 0 Å². The Kier molecular flexibility index (Phi) is 5.28. The van der Waals surface area contributed by atoms with E-state index in [-0.39, 0.29) is 11.9 Å². The second-order valence-corrected chi connectivity index (χ2v) is 5.11. The van der Waals surface area contributed by atoms with Crippen LogP contribution in [-0.4, -0.2) is 18.6 Å². The van der Waals surface area contributed by atoms with Crippen molar-refractivity contribution in [2.75, 3.05) is 18.5 Å². The van der Waals surface area contributed by atoms with Gasteiger partial charge < -0.3 is 10.2 Å². The van der Waals surface area contributed by atoms with Gasteiger partial charge in [0.2, 0.25) is 0 Å². The number of halogens is 1. The third kappa shape index (κ3) is 3.79. The van der Waals surface area contributed by atoms with E-state index < -0.39 is 0 Å². The maximum atomic E-state index is 13.9. The van der Waals surface area contributed by atoms with Crippen LogP contribution in [0.5, 0.6) is 0 Å². The summed E-state index contributed by atoms with van der Waals surface area (Å²) < 4.78 is 13.9. The van der Waals surface area contributed by atoms with Gasteiger partial charge in [0.05, 0.1) is 6.04 Å². The SMILES string of the molecule is CCNCc1ccc(N(C)C(C)c2ccccc2F)nc1. The Bertz CT molecular complexity index is 569. The average Bonchev–Trinajstić information content (AvgIpc) is 2.52. The van der Waals surface area contributed by atoms with Crippen LogP contribution in [0.25, 0.3) is 0 Å². The average molecular weight is 287 g/mol. The highest BCUT2D eigenvalue weighted by atomic mass is 19.1. The summed E-state index contributed by atoms with van der Waals surface area (Å²) in [6.45, 7) is 5.81. The Morgan fingerprint density at radius 1 is 1.24 bits per heavy atom. The Labute approximate surface area is 125 Å². The Balaban J connectivity index is 2.12. The van der Waals surface area contributed by atoms with Crippen LogP contribution in [0.3, 0.4) is 0 Å². The molecule has 1 aromatic heterocycles. The van der Waals surface area contributed by atoms with Gasteiger partial charge in [-0.15, -0.1) is 0 Å². The number of anilines is 1. The van der Waals surface area contributed by atoms with Crippen molar-refractivity contribution in [1.82, 2.24) is 10.3 Å². The van der Waals surface area contributed by atoms with E-state index >= 15 is 0 Å². The highest BCUT2D eigenvalue weighted by Crippen LogP contribution is 2.25. The van der Waals surface area contributed by atoms with Gasteiger partial charge in [0.15, 0.2) is 0 Å². The monoisotopic (exact) mass is 287 g/mol. The van der Waals surface area contributed by atoms with Gasteiger partial charge in [-0.05, 0) is 31.2 Å². The molecule has 1 heterocycles. The molecule has 0 spiro atoms. The van der Waals surface area contributed by atoms with E-state index in [4.69, 9.17) is 0 Å². The van der Waals surface area contributed by atoms with Crippen LogP contribution in [0.1, 0.15) is 31.0 Å². The number of rotatable bonds is 6. The zero-order valence-corrected chi connectivity index (χ0v) is 12.8. The molecule has 0 aliphatic carbocycles. The van der Waals surface area contributed by atoms with Gasteiger partial charge in [0, 0.05) is 25.4 Å². The fourth-order valence-electron chi connectivity index (χ4n) is 2.22. The first-order chi connectivity index (χ1) is 10.1. The maximum Gasteiger partial charge on any atom is 0.128 e. The molecule has 0 fully saturated rings. The fraction of sp³-hybridized carbons (Fsp3) is 0.353. The molecule has 1 aromatic carbocycles. The summed E-state index contributed by atoms with van der Waals surface area (Å²) in [5.41, 5.74) is 1.83. The molecule has 2 aromatic rings. The third-order valence-corrected chi connectivity index (χ3v) is 3.69. The molecular formula is C17H22FN3. The summed E-state index contributed by atoms with van der Waals surface area (Å²) >= 11 is 0. The van der Waals surface area contributed by atoms with E-state index in [0.29, 0.717) is 5.56 Å². The molecule has 0 aliphatic rings. The number of hydrogen-bond donors (Lipinski definition) is 1. The molecule has 0 amide bonds. The van der Waals surface area contributed by atoms with Crippen molar-refractivity contribution in [2.24, 2.45) is 0 Å². The topological polar surface area (TPSA) is 28.2 Å². The molecule has 112 valence electrons. The zero-order chi connectivity index (χ0) is 15.2.